The van der Waals surface area contributed by atoms with Gasteiger partial charge < -0.3 is 4.90 Å². The van der Waals surface area contributed by atoms with Crippen LogP contribution in [0.15, 0.2) is 52.2 Å². The van der Waals surface area contributed by atoms with Crippen molar-refractivity contribution in [1.29, 1.82) is 0 Å². The molecular weight excluding hydrogens is 380 g/mol. The van der Waals surface area contributed by atoms with Crippen molar-refractivity contribution >= 4 is 38.3 Å². The molecule has 3 aromatic rings. The number of nitrogens with one attached hydrogen (secondary N) is 1. The van der Waals surface area contributed by atoms with Gasteiger partial charge in [-0.25, -0.2) is 13.2 Å². The van der Waals surface area contributed by atoms with Crippen LogP contribution in [-0.4, -0.2) is 30.0 Å². The number of benzene rings is 2. The molecule has 8 nitrogen and oxygen atoms in total. The van der Waals surface area contributed by atoms with Gasteiger partial charge in [0.15, 0.2) is 0 Å². The van der Waals surface area contributed by atoms with E-state index in [0.29, 0.717) is 29.9 Å². The molecule has 2 heterocycles. The molecule has 1 aliphatic heterocycles. The summed E-state index contributed by atoms with van der Waals surface area (Å²) in [7, 11) is -0.492. The van der Waals surface area contributed by atoms with Crippen LogP contribution in [0.3, 0.4) is 0 Å². The maximum absolute atomic E-state index is 12.7. The van der Waals surface area contributed by atoms with Crippen LogP contribution >= 0.6 is 0 Å². The van der Waals surface area contributed by atoms with Crippen molar-refractivity contribution in [3.8, 4) is 0 Å². The van der Waals surface area contributed by atoms with Gasteiger partial charge in [-0.15, -0.1) is 0 Å². The number of imidazole rings is 1. The molecule has 0 spiro atoms. The van der Waals surface area contributed by atoms with Gasteiger partial charge in [-0.05, 0) is 48.9 Å². The number of rotatable bonds is 4. The fraction of sp³-hybridized carbons (Fsp3) is 0.263. The smallest absolute Gasteiger partial charge is 0.312 e. The minimum absolute atomic E-state index is 0.0514. The molecule has 1 saturated heterocycles. The third-order valence-corrected chi connectivity index (χ3v) is 6.45. The van der Waals surface area contributed by atoms with Crippen LogP contribution in [-0.2, 0) is 28.9 Å². The number of sulfonamides is 1. The van der Waals surface area contributed by atoms with Gasteiger partial charge in [-0.3, -0.25) is 18.7 Å². The van der Waals surface area contributed by atoms with Crippen LogP contribution in [0.5, 0.6) is 0 Å². The standard InChI is InChI=1S/C19H20N4O4S/c1-21-16-10-5-13(12-17(16)22(2)19(21)25)20-28(26,27)15-8-6-14(7-9-15)23-11-3-4-18(23)24/h5-10,12,20H,3-4,11H2,1-2H3. The Morgan fingerprint density at radius 3 is 2.25 bits per heavy atom. The number of aromatic nitrogens is 2. The first-order valence-corrected chi connectivity index (χ1v) is 10.3. The summed E-state index contributed by atoms with van der Waals surface area (Å²) in [5, 5.41) is 0. The van der Waals surface area contributed by atoms with Crippen molar-refractivity contribution in [2.45, 2.75) is 17.7 Å². The minimum Gasteiger partial charge on any atom is -0.312 e. The molecule has 1 fully saturated rings. The normalized spacial score (nSPS) is 14.8. The van der Waals surface area contributed by atoms with E-state index in [0.717, 1.165) is 11.9 Å². The zero-order valence-corrected chi connectivity index (χ0v) is 16.4. The summed E-state index contributed by atoms with van der Waals surface area (Å²) in [5.74, 6) is 0.0514. The van der Waals surface area contributed by atoms with Crippen molar-refractivity contribution < 1.29 is 13.2 Å². The summed E-state index contributed by atoms with van der Waals surface area (Å²) in [4.78, 5) is 25.6. The maximum atomic E-state index is 12.7. The highest BCUT2D eigenvalue weighted by Gasteiger charge is 2.22. The van der Waals surface area contributed by atoms with Crippen molar-refractivity contribution in [2.24, 2.45) is 14.1 Å². The summed E-state index contributed by atoms with van der Waals surface area (Å²) in [6.07, 6.45) is 1.33. The Bertz CT molecular complexity index is 1240. The molecule has 1 aliphatic rings. The second-order valence-electron chi connectivity index (χ2n) is 6.85. The van der Waals surface area contributed by atoms with Crippen LogP contribution in [0.25, 0.3) is 11.0 Å². The van der Waals surface area contributed by atoms with Crippen LogP contribution in [0.1, 0.15) is 12.8 Å². The minimum atomic E-state index is -3.80. The third kappa shape index (κ3) is 2.97. The average Bonchev–Trinajstić information content (AvgIpc) is 3.19. The predicted molar refractivity (Wildman–Crippen MR) is 107 cm³/mol. The second kappa shape index (κ2) is 6.52. The van der Waals surface area contributed by atoms with E-state index in [1.165, 1.54) is 21.3 Å². The van der Waals surface area contributed by atoms with E-state index in [9.17, 15) is 18.0 Å². The van der Waals surface area contributed by atoms with Crippen molar-refractivity contribution in [1.82, 2.24) is 9.13 Å². The van der Waals surface area contributed by atoms with Gasteiger partial charge >= 0.3 is 5.69 Å². The average molecular weight is 400 g/mol. The Hall–Kier alpha value is -3.07. The summed E-state index contributed by atoms with van der Waals surface area (Å²) in [6.45, 7) is 0.652. The fourth-order valence-electron chi connectivity index (χ4n) is 3.51. The Morgan fingerprint density at radius 1 is 0.929 bits per heavy atom. The zero-order valence-electron chi connectivity index (χ0n) is 15.5. The number of hydrogen-bond acceptors (Lipinski definition) is 4. The highest BCUT2D eigenvalue weighted by molar-refractivity contribution is 7.92. The van der Waals surface area contributed by atoms with E-state index >= 15 is 0 Å². The fourth-order valence-corrected chi connectivity index (χ4v) is 4.56. The number of anilines is 2. The molecule has 4 rings (SSSR count). The van der Waals surface area contributed by atoms with Crippen LogP contribution in [0, 0.1) is 0 Å². The Kier molecular flexibility index (Phi) is 4.26. The Morgan fingerprint density at radius 2 is 1.61 bits per heavy atom. The lowest BCUT2D eigenvalue weighted by Gasteiger charge is -2.16. The van der Waals surface area contributed by atoms with Crippen molar-refractivity contribution in [2.75, 3.05) is 16.2 Å². The maximum Gasteiger partial charge on any atom is 0.328 e. The Balaban J connectivity index is 1.62. The highest BCUT2D eigenvalue weighted by atomic mass is 32.2. The number of aryl methyl sites for hydroxylation is 2. The zero-order chi connectivity index (χ0) is 20.1. The second-order valence-corrected chi connectivity index (χ2v) is 8.53. The van der Waals surface area contributed by atoms with Gasteiger partial charge in [0.05, 0.1) is 21.6 Å². The van der Waals surface area contributed by atoms with Crippen molar-refractivity contribution in [3.63, 3.8) is 0 Å². The van der Waals surface area contributed by atoms with E-state index in [4.69, 9.17) is 0 Å². The number of carbonyl (C=O) groups is 1. The molecule has 0 radical (unpaired) electrons. The van der Waals surface area contributed by atoms with Gasteiger partial charge in [0.1, 0.15) is 0 Å². The van der Waals surface area contributed by atoms with E-state index in [2.05, 4.69) is 4.72 Å². The number of amides is 1. The number of carbonyl (C=O) groups excluding carboxylic acids is 1. The molecule has 1 aromatic heterocycles. The lowest BCUT2D eigenvalue weighted by molar-refractivity contribution is -0.117. The summed E-state index contributed by atoms with van der Waals surface area (Å²) in [5.41, 5.74) is 2.24. The molecule has 28 heavy (non-hydrogen) atoms. The van der Waals surface area contributed by atoms with Gasteiger partial charge in [0.2, 0.25) is 5.91 Å². The number of nitrogens with zero attached hydrogens (tertiary/aromatic N) is 3. The SMILES string of the molecule is Cn1c(=O)n(C)c2cc(NS(=O)(=O)c3ccc(N4CCCC4=O)cc3)ccc21. The molecular formula is C19H20N4O4S. The molecule has 0 saturated carbocycles. The first-order valence-electron chi connectivity index (χ1n) is 8.87. The van der Waals surface area contributed by atoms with Crippen LogP contribution in [0.2, 0.25) is 0 Å². The predicted octanol–water partition coefficient (Wildman–Crippen LogP) is 1.80. The summed E-state index contributed by atoms with van der Waals surface area (Å²) in [6, 6.07) is 11.2. The first-order chi connectivity index (χ1) is 13.3. The molecule has 9 heteroatoms. The molecule has 0 atom stereocenters. The summed E-state index contributed by atoms with van der Waals surface area (Å²) < 4.78 is 31.0. The molecule has 0 bridgehead atoms. The van der Waals surface area contributed by atoms with Gasteiger partial charge in [-0.1, -0.05) is 0 Å². The lowest BCUT2D eigenvalue weighted by atomic mass is 10.3. The van der Waals surface area contributed by atoms with Crippen LogP contribution in [0.4, 0.5) is 11.4 Å². The highest BCUT2D eigenvalue weighted by Crippen LogP contribution is 2.25. The van der Waals surface area contributed by atoms with Crippen LogP contribution < -0.4 is 15.3 Å². The molecule has 0 aliphatic carbocycles. The molecule has 1 amide bonds. The van der Waals surface area contributed by atoms with Gasteiger partial charge in [0, 0.05) is 32.7 Å². The van der Waals surface area contributed by atoms with E-state index in [1.807, 2.05) is 0 Å². The number of fused-ring (bicyclic) bond motifs is 1. The Labute approximate surface area is 162 Å². The quantitative estimate of drug-likeness (QED) is 0.723. The molecule has 0 unspecified atom stereocenters. The van der Waals surface area contributed by atoms with Gasteiger partial charge in [0.25, 0.3) is 10.0 Å². The first kappa shape index (κ1) is 18.3. The molecule has 146 valence electrons. The van der Waals surface area contributed by atoms with Gasteiger partial charge in [-0.2, -0.15) is 0 Å². The third-order valence-electron chi connectivity index (χ3n) is 5.06. The van der Waals surface area contributed by atoms with Crippen molar-refractivity contribution in [3.05, 3.63) is 52.9 Å². The largest absolute Gasteiger partial charge is 0.328 e. The van der Waals surface area contributed by atoms with E-state index in [-0.39, 0.29) is 16.5 Å². The molecule has 1 N–H and O–H groups in total. The van der Waals surface area contributed by atoms with E-state index in [1.54, 1.807) is 49.3 Å². The number of hydrogen-bond donors (Lipinski definition) is 1. The lowest BCUT2D eigenvalue weighted by Crippen LogP contribution is -2.23. The summed E-state index contributed by atoms with van der Waals surface area (Å²) >= 11 is 0. The molecule has 2 aromatic carbocycles. The van der Waals surface area contributed by atoms with E-state index < -0.39 is 10.0 Å². The monoisotopic (exact) mass is 400 g/mol. The topological polar surface area (TPSA) is 93.4 Å².